The van der Waals surface area contributed by atoms with Crippen LogP contribution in [0.5, 0.6) is 0 Å². The van der Waals surface area contributed by atoms with Gasteiger partial charge in [0.2, 0.25) is 0 Å². The van der Waals surface area contributed by atoms with E-state index in [1.54, 1.807) is 0 Å². The molecule has 0 N–H and O–H groups in total. The zero-order valence-corrected chi connectivity index (χ0v) is 4.30. The van der Waals surface area contributed by atoms with Crippen LogP contribution in [0.15, 0.2) is 0 Å². The first-order valence-electron chi connectivity index (χ1n) is 2.12. The highest BCUT2D eigenvalue weighted by atomic mass is 19.4. The molecule has 4 heteroatoms. The van der Waals surface area contributed by atoms with Crippen LogP contribution < -0.4 is 0 Å². The molecule has 0 fully saturated rings. The van der Waals surface area contributed by atoms with Crippen molar-refractivity contribution in [3.8, 4) is 0 Å². The molecule has 0 saturated carbocycles. The van der Waals surface area contributed by atoms with Crippen LogP contribution in [0.2, 0.25) is 0 Å². The van der Waals surface area contributed by atoms with Crippen LogP contribution >= 0.6 is 0 Å². The van der Waals surface area contributed by atoms with Crippen molar-refractivity contribution in [2.45, 2.75) is 25.7 Å². The van der Waals surface area contributed by atoms with Crippen molar-refractivity contribution in [1.82, 2.24) is 0 Å². The van der Waals surface area contributed by atoms with E-state index in [0.717, 1.165) is 6.92 Å². The molecule has 50 valence electrons. The van der Waals surface area contributed by atoms with E-state index in [9.17, 15) is 17.6 Å². The molecule has 0 bridgehead atoms. The number of alkyl halides is 4. The fourth-order valence-corrected chi connectivity index (χ4v) is 0.319. The van der Waals surface area contributed by atoms with Crippen LogP contribution in [0, 0.1) is 0 Å². The van der Waals surface area contributed by atoms with E-state index in [1.807, 2.05) is 0 Å². The smallest absolute Gasteiger partial charge is 0.247 e. The molecule has 0 aliphatic heterocycles. The van der Waals surface area contributed by atoms with Crippen molar-refractivity contribution < 1.29 is 17.6 Å². The third-order valence-electron chi connectivity index (χ3n) is 0.513. The van der Waals surface area contributed by atoms with Gasteiger partial charge in [-0.3, -0.25) is 0 Å². The van der Waals surface area contributed by atoms with Gasteiger partial charge in [0.25, 0.3) is 0 Å². The van der Waals surface area contributed by atoms with Crippen LogP contribution in [0.25, 0.3) is 0 Å². The summed E-state index contributed by atoms with van der Waals surface area (Å²) in [5.74, 6) is 0. The quantitative estimate of drug-likeness (QED) is 0.478. The molecule has 0 heterocycles. The third-order valence-corrected chi connectivity index (χ3v) is 0.513. The monoisotopic (exact) mass is 130 g/mol. The molecule has 1 atom stereocenters. The van der Waals surface area contributed by atoms with Crippen LogP contribution in [0.1, 0.15) is 13.3 Å². The summed E-state index contributed by atoms with van der Waals surface area (Å²) >= 11 is 0. The first-order valence-corrected chi connectivity index (χ1v) is 2.12. The number of halogens is 4. The average molecular weight is 130 g/mol. The van der Waals surface area contributed by atoms with Gasteiger partial charge >= 0.3 is 6.18 Å². The van der Waals surface area contributed by atoms with Gasteiger partial charge in [-0.25, -0.2) is 4.39 Å². The van der Waals surface area contributed by atoms with Crippen molar-refractivity contribution >= 4 is 0 Å². The highest BCUT2D eigenvalue weighted by Crippen LogP contribution is 2.22. The Hall–Kier alpha value is -0.280. The molecule has 1 unspecified atom stereocenters. The maximum atomic E-state index is 11.5. The second-order valence-electron chi connectivity index (χ2n) is 1.60. The van der Waals surface area contributed by atoms with Gasteiger partial charge in [-0.15, -0.1) is 0 Å². The predicted octanol–water partition coefficient (Wildman–Crippen LogP) is 2.30. The Morgan fingerprint density at radius 3 is 1.75 bits per heavy atom. The summed E-state index contributed by atoms with van der Waals surface area (Å²) in [6.45, 7) is 0.882. The van der Waals surface area contributed by atoms with Crippen molar-refractivity contribution in [2.24, 2.45) is 0 Å². The van der Waals surface area contributed by atoms with E-state index < -0.39 is 18.8 Å². The minimum atomic E-state index is -4.35. The lowest BCUT2D eigenvalue weighted by Gasteiger charge is -2.04. The van der Waals surface area contributed by atoms with E-state index in [0.29, 0.717) is 0 Å². The third kappa shape index (κ3) is 5.72. The normalized spacial score (nSPS) is 16.1. The lowest BCUT2D eigenvalue weighted by molar-refractivity contribution is -0.144. The Morgan fingerprint density at radius 2 is 1.75 bits per heavy atom. The van der Waals surface area contributed by atoms with E-state index >= 15 is 0 Å². The first kappa shape index (κ1) is 7.72. The molecular formula is C4H6F4. The van der Waals surface area contributed by atoms with Gasteiger partial charge in [0.1, 0.15) is 6.17 Å². The molecule has 0 spiro atoms. The minimum absolute atomic E-state index is 0.882. The maximum absolute atomic E-state index is 11.5. The Bertz CT molecular complexity index is 62.9. The molecule has 8 heavy (non-hydrogen) atoms. The number of hydrogen-bond acceptors (Lipinski definition) is 0. The zero-order valence-electron chi connectivity index (χ0n) is 4.30. The summed E-state index contributed by atoms with van der Waals surface area (Å²) in [5.41, 5.74) is 0. The van der Waals surface area contributed by atoms with Crippen LogP contribution in [-0.2, 0) is 0 Å². The summed E-state index contributed by atoms with van der Waals surface area (Å²) in [4.78, 5) is 0. The fourth-order valence-electron chi connectivity index (χ4n) is 0.319. The predicted molar refractivity (Wildman–Crippen MR) is 21.2 cm³/mol. The van der Waals surface area contributed by atoms with Gasteiger partial charge in [-0.1, -0.05) is 0 Å². The topological polar surface area (TPSA) is 0 Å². The lowest BCUT2D eigenvalue weighted by atomic mass is 10.3. The van der Waals surface area contributed by atoms with Crippen molar-refractivity contribution in [1.29, 1.82) is 0 Å². The second-order valence-corrected chi connectivity index (χ2v) is 1.60. The fraction of sp³-hybridized carbons (Fsp3) is 1.00. The summed E-state index contributed by atoms with van der Waals surface area (Å²) in [5, 5.41) is 0. The SMILES string of the molecule is CC(F)CC(F)(F)F. The molecule has 0 aliphatic carbocycles. The zero-order chi connectivity index (χ0) is 6.78. The van der Waals surface area contributed by atoms with Gasteiger partial charge in [-0.2, -0.15) is 13.2 Å². The van der Waals surface area contributed by atoms with Crippen LogP contribution in [0.4, 0.5) is 17.6 Å². The van der Waals surface area contributed by atoms with Gasteiger partial charge in [0.05, 0.1) is 6.42 Å². The van der Waals surface area contributed by atoms with Gasteiger partial charge in [0.15, 0.2) is 0 Å². The first-order chi connectivity index (χ1) is 3.42. The van der Waals surface area contributed by atoms with E-state index in [2.05, 4.69) is 0 Å². The molecule has 0 aromatic carbocycles. The van der Waals surface area contributed by atoms with E-state index in [4.69, 9.17) is 0 Å². The van der Waals surface area contributed by atoms with Gasteiger partial charge in [-0.05, 0) is 6.92 Å². The minimum Gasteiger partial charge on any atom is -0.247 e. The molecule has 0 nitrogen and oxygen atoms in total. The molecule has 0 rings (SSSR count). The summed E-state index contributed by atoms with van der Waals surface area (Å²) < 4.78 is 44.7. The van der Waals surface area contributed by atoms with Gasteiger partial charge in [0, 0.05) is 0 Å². The molecule has 0 amide bonds. The van der Waals surface area contributed by atoms with E-state index in [1.165, 1.54) is 0 Å². The summed E-state index contributed by atoms with van der Waals surface area (Å²) in [7, 11) is 0. The molecule has 0 radical (unpaired) electrons. The Balaban J connectivity index is 3.39. The Labute approximate surface area is 44.5 Å². The van der Waals surface area contributed by atoms with E-state index in [-0.39, 0.29) is 0 Å². The standard InChI is InChI=1S/C4H6F4/c1-3(5)2-4(6,7)8/h3H,2H2,1H3. The lowest BCUT2D eigenvalue weighted by Crippen LogP contribution is -2.12. The number of rotatable bonds is 1. The largest absolute Gasteiger partial charge is 0.391 e. The second kappa shape index (κ2) is 2.33. The summed E-state index contributed by atoms with van der Waals surface area (Å²) in [6, 6.07) is 0. The molecule has 0 aromatic heterocycles. The molecular weight excluding hydrogens is 124 g/mol. The van der Waals surface area contributed by atoms with Crippen LogP contribution in [0.3, 0.4) is 0 Å². The summed E-state index contributed by atoms with van der Waals surface area (Å²) in [6.07, 6.45) is -7.48. The van der Waals surface area contributed by atoms with Gasteiger partial charge < -0.3 is 0 Å². The highest BCUT2D eigenvalue weighted by Gasteiger charge is 2.29. The van der Waals surface area contributed by atoms with Crippen molar-refractivity contribution in [3.05, 3.63) is 0 Å². The van der Waals surface area contributed by atoms with Crippen molar-refractivity contribution in [3.63, 3.8) is 0 Å². The maximum Gasteiger partial charge on any atom is 0.391 e. The molecule has 0 aliphatic rings. The Kier molecular flexibility index (Phi) is 2.25. The molecule has 0 aromatic rings. The average Bonchev–Trinajstić information content (AvgIpc) is 1.21. The number of hydrogen-bond donors (Lipinski definition) is 0. The molecule has 0 saturated heterocycles. The van der Waals surface area contributed by atoms with Crippen LogP contribution in [-0.4, -0.2) is 12.3 Å². The Morgan fingerprint density at radius 1 is 1.38 bits per heavy atom. The highest BCUT2D eigenvalue weighted by molar-refractivity contribution is 4.54. The van der Waals surface area contributed by atoms with Crippen molar-refractivity contribution in [2.75, 3.05) is 0 Å².